The summed E-state index contributed by atoms with van der Waals surface area (Å²) in [7, 11) is 1.26. The predicted molar refractivity (Wildman–Crippen MR) is 73.7 cm³/mol. The molecule has 1 amide bonds. The van der Waals surface area contributed by atoms with Crippen LogP contribution in [0.4, 0.5) is 4.79 Å². The van der Waals surface area contributed by atoms with Crippen LogP contribution in [0.25, 0.3) is 0 Å². The number of piperidine rings is 1. The molecule has 21 heavy (non-hydrogen) atoms. The highest BCUT2D eigenvalue weighted by atomic mass is 16.6. The predicted octanol–water partition coefficient (Wildman–Crippen LogP) is 1.51. The summed E-state index contributed by atoms with van der Waals surface area (Å²) < 4.78 is 9.87. The van der Waals surface area contributed by atoms with Gasteiger partial charge in [-0.05, 0) is 27.2 Å². The van der Waals surface area contributed by atoms with E-state index < -0.39 is 35.5 Å². The summed E-state index contributed by atoms with van der Waals surface area (Å²) >= 11 is 0. The molecule has 1 rings (SSSR count). The lowest BCUT2D eigenvalue weighted by molar-refractivity contribution is -0.149. The molecule has 1 N–H and O–H groups in total. The van der Waals surface area contributed by atoms with E-state index >= 15 is 0 Å². The topological polar surface area (TPSA) is 93.1 Å². The van der Waals surface area contributed by atoms with Gasteiger partial charge in [0.25, 0.3) is 0 Å². The second kappa shape index (κ2) is 6.78. The highest BCUT2D eigenvalue weighted by molar-refractivity contribution is 5.75. The SMILES string of the molecule is COC(=O)CC1CN(C(=O)OC(C)(C)C)CCC1C(=O)O. The van der Waals surface area contributed by atoms with Crippen LogP contribution in [0.3, 0.4) is 0 Å². The van der Waals surface area contributed by atoms with E-state index in [-0.39, 0.29) is 13.0 Å². The van der Waals surface area contributed by atoms with Gasteiger partial charge in [0, 0.05) is 19.0 Å². The molecule has 0 aromatic carbocycles. The smallest absolute Gasteiger partial charge is 0.410 e. The van der Waals surface area contributed by atoms with Gasteiger partial charge in [0.2, 0.25) is 0 Å². The van der Waals surface area contributed by atoms with E-state index in [1.807, 2.05) is 0 Å². The third-order valence-electron chi connectivity index (χ3n) is 3.36. The maximum Gasteiger partial charge on any atom is 0.410 e. The number of carbonyl (C=O) groups is 3. The second-order valence-corrected chi connectivity index (χ2v) is 6.20. The summed E-state index contributed by atoms with van der Waals surface area (Å²) in [6, 6.07) is 0. The number of carboxylic acids is 1. The molecule has 2 atom stereocenters. The molecular weight excluding hydrogens is 278 g/mol. The van der Waals surface area contributed by atoms with Crippen LogP contribution in [0, 0.1) is 11.8 Å². The number of esters is 1. The number of hydrogen-bond donors (Lipinski definition) is 1. The van der Waals surface area contributed by atoms with Crippen molar-refractivity contribution in [2.24, 2.45) is 11.8 Å². The first-order valence-electron chi connectivity index (χ1n) is 6.91. The van der Waals surface area contributed by atoms with Crippen LogP contribution in [-0.4, -0.2) is 53.8 Å². The molecule has 1 heterocycles. The van der Waals surface area contributed by atoms with Gasteiger partial charge < -0.3 is 19.5 Å². The van der Waals surface area contributed by atoms with Crippen LogP contribution in [0.15, 0.2) is 0 Å². The Kier molecular flexibility index (Phi) is 5.57. The number of ether oxygens (including phenoxy) is 2. The number of likely N-dealkylation sites (tertiary alicyclic amines) is 1. The molecule has 0 saturated carbocycles. The van der Waals surface area contributed by atoms with Crippen molar-refractivity contribution >= 4 is 18.0 Å². The molecule has 7 heteroatoms. The third-order valence-corrected chi connectivity index (χ3v) is 3.36. The highest BCUT2D eigenvalue weighted by Gasteiger charge is 2.38. The summed E-state index contributed by atoms with van der Waals surface area (Å²) in [4.78, 5) is 36.1. The van der Waals surface area contributed by atoms with Crippen LogP contribution in [-0.2, 0) is 19.1 Å². The first-order valence-corrected chi connectivity index (χ1v) is 6.91. The molecule has 1 aliphatic rings. The van der Waals surface area contributed by atoms with E-state index in [2.05, 4.69) is 4.74 Å². The number of methoxy groups -OCH3 is 1. The number of carbonyl (C=O) groups excluding carboxylic acids is 2. The van der Waals surface area contributed by atoms with E-state index in [9.17, 15) is 19.5 Å². The average molecular weight is 301 g/mol. The number of nitrogens with zero attached hydrogens (tertiary/aromatic N) is 1. The number of carboxylic acid groups (broad SMARTS) is 1. The van der Waals surface area contributed by atoms with Crippen LogP contribution in [0.5, 0.6) is 0 Å². The monoisotopic (exact) mass is 301 g/mol. The van der Waals surface area contributed by atoms with Gasteiger partial charge in [-0.2, -0.15) is 0 Å². The molecule has 7 nitrogen and oxygen atoms in total. The summed E-state index contributed by atoms with van der Waals surface area (Å²) in [6.07, 6.45) is -0.204. The average Bonchev–Trinajstić information content (AvgIpc) is 2.36. The number of rotatable bonds is 3. The lowest BCUT2D eigenvalue weighted by Crippen LogP contribution is -2.48. The van der Waals surface area contributed by atoms with Crippen LogP contribution in [0.1, 0.15) is 33.6 Å². The van der Waals surface area contributed by atoms with E-state index in [1.165, 1.54) is 12.0 Å². The molecule has 0 spiro atoms. The lowest BCUT2D eigenvalue weighted by Gasteiger charge is -2.36. The van der Waals surface area contributed by atoms with E-state index in [1.54, 1.807) is 20.8 Å². The van der Waals surface area contributed by atoms with Crippen LogP contribution in [0.2, 0.25) is 0 Å². The van der Waals surface area contributed by atoms with E-state index in [0.29, 0.717) is 13.0 Å². The molecule has 1 fully saturated rings. The maximum absolute atomic E-state index is 12.0. The molecule has 120 valence electrons. The summed E-state index contributed by atoms with van der Waals surface area (Å²) in [5.74, 6) is -2.54. The molecule has 0 radical (unpaired) electrons. The quantitative estimate of drug-likeness (QED) is 0.794. The Morgan fingerprint density at radius 1 is 1.29 bits per heavy atom. The van der Waals surface area contributed by atoms with Gasteiger partial charge in [-0.1, -0.05) is 0 Å². The van der Waals surface area contributed by atoms with Gasteiger partial charge in [0.05, 0.1) is 19.4 Å². The van der Waals surface area contributed by atoms with Crippen molar-refractivity contribution in [2.75, 3.05) is 20.2 Å². The van der Waals surface area contributed by atoms with Crippen molar-refractivity contribution in [1.82, 2.24) is 4.90 Å². The van der Waals surface area contributed by atoms with Crippen LogP contribution >= 0.6 is 0 Å². The molecule has 0 bridgehead atoms. The minimum Gasteiger partial charge on any atom is -0.481 e. The molecule has 1 aliphatic heterocycles. The number of hydrogen-bond acceptors (Lipinski definition) is 5. The largest absolute Gasteiger partial charge is 0.481 e. The normalized spacial score (nSPS) is 22.6. The summed E-state index contributed by atoms with van der Waals surface area (Å²) in [6.45, 7) is 5.78. The van der Waals surface area contributed by atoms with E-state index in [0.717, 1.165) is 0 Å². The molecule has 2 unspecified atom stereocenters. The minimum atomic E-state index is -0.951. The number of aliphatic carboxylic acids is 1. The molecular formula is C14H23NO6. The fraction of sp³-hybridized carbons (Fsp3) is 0.786. The van der Waals surface area contributed by atoms with Gasteiger partial charge in [-0.25, -0.2) is 4.79 Å². The zero-order valence-corrected chi connectivity index (χ0v) is 12.9. The Hall–Kier alpha value is -1.79. The molecule has 1 saturated heterocycles. The Balaban J connectivity index is 2.74. The lowest BCUT2D eigenvalue weighted by atomic mass is 9.83. The van der Waals surface area contributed by atoms with Crippen molar-refractivity contribution in [1.29, 1.82) is 0 Å². The first kappa shape index (κ1) is 17.3. The van der Waals surface area contributed by atoms with Crippen molar-refractivity contribution in [2.45, 2.75) is 39.2 Å². The maximum atomic E-state index is 12.0. The zero-order valence-electron chi connectivity index (χ0n) is 12.9. The molecule has 0 aromatic heterocycles. The molecule has 0 aromatic rings. The van der Waals surface area contributed by atoms with Gasteiger partial charge >= 0.3 is 18.0 Å². The third kappa shape index (κ3) is 5.24. The Morgan fingerprint density at radius 2 is 1.90 bits per heavy atom. The van der Waals surface area contributed by atoms with Gasteiger partial charge in [-0.3, -0.25) is 9.59 Å². The Morgan fingerprint density at radius 3 is 2.38 bits per heavy atom. The van der Waals surface area contributed by atoms with Crippen molar-refractivity contribution in [3.8, 4) is 0 Å². The fourth-order valence-corrected chi connectivity index (χ4v) is 2.35. The Bertz CT molecular complexity index is 414. The first-order chi connectivity index (χ1) is 9.64. The van der Waals surface area contributed by atoms with Crippen LogP contribution < -0.4 is 0 Å². The van der Waals surface area contributed by atoms with Gasteiger partial charge in [-0.15, -0.1) is 0 Å². The molecule has 0 aliphatic carbocycles. The van der Waals surface area contributed by atoms with Gasteiger partial charge in [0.1, 0.15) is 5.60 Å². The van der Waals surface area contributed by atoms with Crippen molar-refractivity contribution in [3.05, 3.63) is 0 Å². The fourth-order valence-electron chi connectivity index (χ4n) is 2.35. The van der Waals surface area contributed by atoms with Crippen molar-refractivity contribution in [3.63, 3.8) is 0 Å². The standard InChI is InChI=1S/C14H23NO6/c1-14(2,3)21-13(19)15-6-5-10(12(17)18)9(8-15)7-11(16)20-4/h9-10H,5-8H2,1-4H3,(H,17,18). The summed E-state index contributed by atoms with van der Waals surface area (Å²) in [5.41, 5.74) is -0.613. The van der Waals surface area contributed by atoms with E-state index in [4.69, 9.17) is 4.74 Å². The number of amides is 1. The van der Waals surface area contributed by atoms with Crippen molar-refractivity contribution < 1.29 is 29.0 Å². The Labute approximate surface area is 124 Å². The zero-order chi connectivity index (χ0) is 16.2. The summed E-state index contributed by atoms with van der Waals surface area (Å²) in [5, 5.41) is 9.22. The van der Waals surface area contributed by atoms with Gasteiger partial charge in [0.15, 0.2) is 0 Å². The minimum absolute atomic E-state index is 0.0211. The highest BCUT2D eigenvalue weighted by Crippen LogP contribution is 2.28. The second-order valence-electron chi connectivity index (χ2n) is 6.20.